The lowest BCUT2D eigenvalue weighted by molar-refractivity contribution is 0.0529. The van der Waals surface area contributed by atoms with Crippen molar-refractivity contribution in [2.24, 2.45) is 0 Å². The monoisotopic (exact) mass is 347 g/mol. The van der Waals surface area contributed by atoms with Gasteiger partial charge in [0.05, 0.1) is 28.8 Å². The second-order valence-electron chi connectivity index (χ2n) is 6.09. The molecule has 0 atom stereocenters. The zero-order chi connectivity index (χ0) is 18.3. The maximum atomic E-state index is 12.5. The van der Waals surface area contributed by atoms with Crippen molar-refractivity contribution in [2.75, 3.05) is 6.61 Å². The minimum Gasteiger partial charge on any atom is -0.462 e. The molecule has 3 heterocycles. The average Bonchev–Trinajstić information content (AvgIpc) is 3.02. The number of hydrogen-bond acceptors (Lipinski definition) is 4. The number of esters is 1. The van der Waals surface area contributed by atoms with Gasteiger partial charge in [0.15, 0.2) is 11.2 Å². The first-order chi connectivity index (χ1) is 12.6. The molecule has 4 rings (SSSR count). The molecule has 0 fully saturated rings. The van der Waals surface area contributed by atoms with Crippen LogP contribution in [0, 0.1) is 6.92 Å². The van der Waals surface area contributed by atoms with E-state index in [1.807, 2.05) is 47.9 Å². The Morgan fingerprint density at radius 3 is 2.81 bits per heavy atom. The molecule has 4 aromatic rings. The SMILES string of the molecule is CCOC(=O)c1cc(-c2cc(=O)c3cc(C)ccc3o2)n2ccccc12. The Balaban J connectivity index is 1.97. The van der Waals surface area contributed by atoms with Gasteiger partial charge in [-0.1, -0.05) is 17.7 Å². The second kappa shape index (κ2) is 6.19. The highest BCUT2D eigenvalue weighted by Crippen LogP contribution is 2.28. The number of fused-ring (bicyclic) bond motifs is 2. The summed E-state index contributed by atoms with van der Waals surface area (Å²) in [4.78, 5) is 24.8. The van der Waals surface area contributed by atoms with Crippen LogP contribution in [0.15, 0.2) is 63.9 Å². The number of benzene rings is 1. The Morgan fingerprint density at radius 1 is 1.15 bits per heavy atom. The van der Waals surface area contributed by atoms with E-state index < -0.39 is 5.97 Å². The van der Waals surface area contributed by atoms with Gasteiger partial charge in [-0.2, -0.15) is 0 Å². The summed E-state index contributed by atoms with van der Waals surface area (Å²) in [5.74, 6) is 0.00399. The lowest BCUT2D eigenvalue weighted by Crippen LogP contribution is -2.03. The van der Waals surface area contributed by atoms with Gasteiger partial charge in [-0.05, 0) is 44.2 Å². The first-order valence-corrected chi connectivity index (χ1v) is 8.40. The maximum absolute atomic E-state index is 12.5. The largest absolute Gasteiger partial charge is 0.462 e. The normalized spacial score (nSPS) is 11.2. The molecule has 0 spiro atoms. The third kappa shape index (κ3) is 2.58. The molecular weight excluding hydrogens is 330 g/mol. The molecule has 0 N–H and O–H groups in total. The van der Waals surface area contributed by atoms with Crippen LogP contribution >= 0.6 is 0 Å². The van der Waals surface area contributed by atoms with Crippen LogP contribution < -0.4 is 5.43 Å². The summed E-state index contributed by atoms with van der Waals surface area (Å²) in [6, 6.07) is 14.2. The Bertz CT molecular complexity index is 1200. The van der Waals surface area contributed by atoms with E-state index in [2.05, 4.69) is 0 Å². The highest BCUT2D eigenvalue weighted by Gasteiger charge is 2.19. The molecule has 0 saturated heterocycles. The molecule has 0 radical (unpaired) electrons. The highest BCUT2D eigenvalue weighted by molar-refractivity contribution is 5.99. The number of aromatic nitrogens is 1. The van der Waals surface area contributed by atoms with E-state index in [0.717, 1.165) is 5.56 Å². The predicted molar refractivity (Wildman–Crippen MR) is 99.6 cm³/mol. The van der Waals surface area contributed by atoms with Gasteiger partial charge >= 0.3 is 5.97 Å². The van der Waals surface area contributed by atoms with Crippen LogP contribution in [-0.2, 0) is 4.74 Å². The summed E-state index contributed by atoms with van der Waals surface area (Å²) in [7, 11) is 0. The van der Waals surface area contributed by atoms with Crippen molar-refractivity contribution < 1.29 is 13.9 Å². The lowest BCUT2D eigenvalue weighted by Gasteiger charge is -2.04. The van der Waals surface area contributed by atoms with Gasteiger partial charge < -0.3 is 13.6 Å². The maximum Gasteiger partial charge on any atom is 0.340 e. The summed E-state index contributed by atoms with van der Waals surface area (Å²) < 4.78 is 12.9. The fourth-order valence-corrected chi connectivity index (χ4v) is 3.11. The summed E-state index contributed by atoms with van der Waals surface area (Å²) in [5.41, 5.74) is 3.16. The lowest BCUT2D eigenvalue weighted by atomic mass is 10.1. The van der Waals surface area contributed by atoms with Crippen LogP contribution in [0.2, 0.25) is 0 Å². The standard InChI is InChI=1S/C21H17NO4/c1-3-25-21(24)14-11-17(22-9-5-4-6-16(14)22)20-12-18(23)15-10-13(2)7-8-19(15)26-20/h4-12H,3H2,1-2H3. The van der Waals surface area contributed by atoms with E-state index in [1.54, 1.807) is 19.1 Å². The molecule has 0 saturated carbocycles. The molecule has 0 unspecified atom stereocenters. The third-order valence-corrected chi connectivity index (χ3v) is 4.31. The van der Waals surface area contributed by atoms with E-state index in [-0.39, 0.29) is 5.43 Å². The number of carbonyl (C=O) groups excluding carboxylic acids is 1. The number of carbonyl (C=O) groups is 1. The number of rotatable bonds is 3. The zero-order valence-corrected chi connectivity index (χ0v) is 14.5. The van der Waals surface area contributed by atoms with Crippen molar-refractivity contribution in [1.29, 1.82) is 0 Å². The van der Waals surface area contributed by atoms with Crippen molar-refractivity contribution in [1.82, 2.24) is 4.40 Å². The van der Waals surface area contributed by atoms with Crippen LogP contribution in [0.4, 0.5) is 0 Å². The molecule has 3 aromatic heterocycles. The van der Waals surface area contributed by atoms with Gasteiger partial charge in [-0.15, -0.1) is 0 Å². The molecule has 0 amide bonds. The average molecular weight is 347 g/mol. The number of ether oxygens (including phenoxy) is 1. The summed E-state index contributed by atoms with van der Waals surface area (Å²) in [6.45, 7) is 3.99. The number of hydrogen-bond donors (Lipinski definition) is 0. The minimum atomic E-state index is -0.402. The topological polar surface area (TPSA) is 60.9 Å². The molecule has 0 aliphatic carbocycles. The summed E-state index contributed by atoms with van der Waals surface area (Å²) in [5, 5.41) is 0.542. The Kier molecular flexibility index (Phi) is 3.84. The van der Waals surface area contributed by atoms with Gasteiger partial charge in [-0.3, -0.25) is 4.79 Å². The third-order valence-electron chi connectivity index (χ3n) is 4.31. The molecule has 130 valence electrons. The van der Waals surface area contributed by atoms with Gasteiger partial charge in [0.25, 0.3) is 0 Å². The van der Waals surface area contributed by atoms with E-state index >= 15 is 0 Å². The van der Waals surface area contributed by atoms with Gasteiger partial charge in [0.1, 0.15) is 5.58 Å². The smallest absolute Gasteiger partial charge is 0.340 e. The van der Waals surface area contributed by atoms with Crippen molar-refractivity contribution >= 4 is 22.5 Å². The van der Waals surface area contributed by atoms with Crippen LogP contribution in [0.5, 0.6) is 0 Å². The van der Waals surface area contributed by atoms with Crippen molar-refractivity contribution in [3.8, 4) is 11.5 Å². The van der Waals surface area contributed by atoms with Crippen LogP contribution in [0.3, 0.4) is 0 Å². The first-order valence-electron chi connectivity index (χ1n) is 8.40. The van der Waals surface area contributed by atoms with Gasteiger partial charge in [0.2, 0.25) is 0 Å². The molecule has 5 heteroatoms. The number of nitrogens with zero attached hydrogens (tertiary/aromatic N) is 1. The van der Waals surface area contributed by atoms with Crippen LogP contribution in [0.1, 0.15) is 22.8 Å². The Hall–Kier alpha value is -3.34. The van der Waals surface area contributed by atoms with E-state index in [4.69, 9.17) is 9.15 Å². The quantitative estimate of drug-likeness (QED) is 0.521. The molecule has 0 bridgehead atoms. The molecule has 0 aliphatic rings. The minimum absolute atomic E-state index is 0.117. The molecule has 0 aliphatic heterocycles. The van der Waals surface area contributed by atoms with Crippen molar-refractivity contribution in [2.45, 2.75) is 13.8 Å². The second-order valence-corrected chi connectivity index (χ2v) is 6.09. The highest BCUT2D eigenvalue weighted by atomic mass is 16.5. The van der Waals surface area contributed by atoms with Crippen molar-refractivity contribution in [3.63, 3.8) is 0 Å². The van der Waals surface area contributed by atoms with Crippen LogP contribution in [0.25, 0.3) is 27.9 Å². The Labute approximate surface area is 149 Å². The predicted octanol–water partition coefficient (Wildman–Crippen LogP) is 4.20. The number of pyridine rings is 1. The molecular formula is C21H17NO4. The molecule has 26 heavy (non-hydrogen) atoms. The fourth-order valence-electron chi connectivity index (χ4n) is 3.11. The molecule has 1 aromatic carbocycles. The van der Waals surface area contributed by atoms with E-state index in [0.29, 0.717) is 40.1 Å². The first kappa shape index (κ1) is 16.1. The summed E-state index contributed by atoms with van der Waals surface area (Å²) in [6.07, 6.45) is 1.83. The van der Waals surface area contributed by atoms with E-state index in [1.165, 1.54) is 6.07 Å². The zero-order valence-electron chi connectivity index (χ0n) is 14.5. The Morgan fingerprint density at radius 2 is 2.00 bits per heavy atom. The van der Waals surface area contributed by atoms with Crippen molar-refractivity contribution in [3.05, 3.63) is 76.1 Å². The van der Waals surface area contributed by atoms with E-state index in [9.17, 15) is 9.59 Å². The summed E-state index contributed by atoms with van der Waals surface area (Å²) >= 11 is 0. The number of aryl methyl sites for hydroxylation is 1. The van der Waals surface area contributed by atoms with Gasteiger partial charge in [0, 0.05) is 12.3 Å². The van der Waals surface area contributed by atoms with Gasteiger partial charge in [-0.25, -0.2) is 4.79 Å². The van der Waals surface area contributed by atoms with Crippen LogP contribution in [-0.4, -0.2) is 17.0 Å². The fraction of sp³-hybridized carbons (Fsp3) is 0.143. The molecule has 5 nitrogen and oxygen atoms in total.